The molecule has 0 aliphatic heterocycles. The van der Waals surface area contributed by atoms with Gasteiger partial charge in [0.05, 0.1) is 7.11 Å². The number of halogens is 1. The molecule has 0 radical (unpaired) electrons. The topological polar surface area (TPSA) is 86.5 Å². The Morgan fingerprint density at radius 2 is 2.09 bits per heavy atom. The molecule has 0 saturated carbocycles. The van der Waals surface area contributed by atoms with Gasteiger partial charge in [-0.25, -0.2) is 10.5 Å². The molecule has 0 aliphatic rings. The maximum atomic E-state index is 11.7. The molecule has 0 bridgehead atoms. The molecule has 3 N–H and O–H groups in total. The molecule has 1 aromatic carbocycles. The van der Waals surface area contributed by atoms with Crippen LogP contribution in [0.15, 0.2) is 36.4 Å². The number of benzene rings is 1. The van der Waals surface area contributed by atoms with Gasteiger partial charge in [0.25, 0.3) is 5.91 Å². The minimum absolute atomic E-state index is 0. The number of nitrogens with zero attached hydrogens (tertiary/aromatic N) is 1. The zero-order valence-electron chi connectivity index (χ0n) is 12.3. The Hall–Kier alpha value is -2.15. The lowest BCUT2D eigenvalue weighted by Gasteiger charge is -2.09. The van der Waals surface area contributed by atoms with Crippen LogP contribution in [0.5, 0.6) is 11.6 Å². The number of hydrogen-bond acceptors (Lipinski definition) is 5. The number of hydroxylamine groups is 1. The van der Waals surface area contributed by atoms with Gasteiger partial charge >= 0.3 is 0 Å². The van der Waals surface area contributed by atoms with Crippen molar-refractivity contribution in [1.29, 1.82) is 0 Å². The van der Waals surface area contributed by atoms with Crippen LogP contribution >= 0.6 is 12.4 Å². The lowest BCUT2D eigenvalue weighted by atomic mass is 10.2. The van der Waals surface area contributed by atoms with Gasteiger partial charge in [-0.1, -0.05) is 6.07 Å². The Balaban J connectivity index is 0.00000242. The SMILES string of the molecule is CONC(=O)c1cccc(Oc2cc(CN)cc(C)n2)c1.Cl. The second-order valence-electron chi connectivity index (χ2n) is 4.42. The molecule has 0 unspecified atom stereocenters. The number of aryl methyl sites for hydroxylation is 1. The van der Waals surface area contributed by atoms with Gasteiger partial charge in [-0.3, -0.25) is 9.63 Å². The van der Waals surface area contributed by atoms with E-state index in [4.69, 9.17) is 10.5 Å². The van der Waals surface area contributed by atoms with Crippen molar-refractivity contribution < 1.29 is 14.4 Å². The molecule has 22 heavy (non-hydrogen) atoms. The molecule has 6 nitrogen and oxygen atoms in total. The summed E-state index contributed by atoms with van der Waals surface area (Å²) >= 11 is 0. The average Bonchev–Trinajstić information content (AvgIpc) is 2.47. The number of carbonyl (C=O) groups is 1. The van der Waals surface area contributed by atoms with Crippen molar-refractivity contribution in [3.05, 3.63) is 53.2 Å². The van der Waals surface area contributed by atoms with E-state index in [9.17, 15) is 4.79 Å². The minimum Gasteiger partial charge on any atom is -0.439 e. The number of ether oxygens (including phenoxy) is 1. The fourth-order valence-electron chi connectivity index (χ4n) is 1.85. The standard InChI is InChI=1S/C15H17N3O3.ClH/c1-10-6-11(9-16)7-14(17-10)21-13-5-3-4-12(8-13)15(19)18-20-2;/h3-8H,9,16H2,1-2H3,(H,18,19);1H. The van der Waals surface area contributed by atoms with Crippen LogP contribution in [0.4, 0.5) is 0 Å². The van der Waals surface area contributed by atoms with Crippen molar-refractivity contribution in [3.63, 3.8) is 0 Å². The summed E-state index contributed by atoms with van der Waals surface area (Å²) in [6, 6.07) is 10.4. The van der Waals surface area contributed by atoms with E-state index in [1.807, 2.05) is 13.0 Å². The molecular formula is C15H18ClN3O3. The molecule has 2 rings (SSSR count). The Kier molecular flexibility index (Phi) is 6.78. The van der Waals surface area contributed by atoms with Gasteiger partial charge in [-0.2, -0.15) is 0 Å². The summed E-state index contributed by atoms with van der Waals surface area (Å²) in [7, 11) is 1.38. The van der Waals surface area contributed by atoms with Gasteiger partial charge < -0.3 is 10.5 Å². The van der Waals surface area contributed by atoms with E-state index in [0.717, 1.165) is 11.3 Å². The second-order valence-corrected chi connectivity index (χ2v) is 4.42. The third-order valence-corrected chi connectivity index (χ3v) is 2.74. The van der Waals surface area contributed by atoms with Crippen molar-refractivity contribution in [2.45, 2.75) is 13.5 Å². The maximum Gasteiger partial charge on any atom is 0.274 e. The summed E-state index contributed by atoms with van der Waals surface area (Å²) < 4.78 is 5.68. The van der Waals surface area contributed by atoms with Gasteiger partial charge in [0.15, 0.2) is 0 Å². The van der Waals surface area contributed by atoms with E-state index in [2.05, 4.69) is 15.3 Å². The van der Waals surface area contributed by atoms with Crippen LogP contribution in [0, 0.1) is 6.92 Å². The molecule has 7 heteroatoms. The monoisotopic (exact) mass is 323 g/mol. The number of nitrogens with two attached hydrogens (primary N) is 1. The van der Waals surface area contributed by atoms with Crippen LogP contribution in [0.25, 0.3) is 0 Å². The summed E-state index contributed by atoms with van der Waals surface area (Å²) in [6.45, 7) is 2.28. The van der Waals surface area contributed by atoms with E-state index in [1.54, 1.807) is 30.3 Å². The van der Waals surface area contributed by atoms with Gasteiger partial charge in [0, 0.05) is 23.9 Å². The van der Waals surface area contributed by atoms with E-state index < -0.39 is 0 Å². The Labute approximate surface area is 135 Å². The highest BCUT2D eigenvalue weighted by molar-refractivity contribution is 5.93. The van der Waals surface area contributed by atoms with Crippen molar-refractivity contribution >= 4 is 18.3 Å². The molecule has 0 atom stereocenters. The van der Waals surface area contributed by atoms with E-state index in [1.165, 1.54) is 7.11 Å². The summed E-state index contributed by atoms with van der Waals surface area (Å²) in [4.78, 5) is 20.6. The Bertz CT molecular complexity index is 650. The first-order valence-corrected chi connectivity index (χ1v) is 6.41. The molecule has 1 aromatic heterocycles. The third kappa shape index (κ3) is 4.70. The summed E-state index contributed by atoms with van der Waals surface area (Å²) in [6.07, 6.45) is 0. The van der Waals surface area contributed by atoms with Gasteiger partial charge in [-0.15, -0.1) is 12.4 Å². The van der Waals surface area contributed by atoms with Crippen molar-refractivity contribution in [3.8, 4) is 11.6 Å². The van der Waals surface area contributed by atoms with Crippen LogP contribution in [-0.2, 0) is 11.4 Å². The molecule has 1 amide bonds. The summed E-state index contributed by atoms with van der Waals surface area (Å²) in [5, 5.41) is 0. The first kappa shape index (κ1) is 17.9. The molecule has 0 fully saturated rings. The zero-order valence-corrected chi connectivity index (χ0v) is 13.1. The molecule has 0 aliphatic carbocycles. The van der Waals surface area contributed by atoms with Crippen LogP contribution in [0.2, 0.25) is 0 Å². The van der Waals surface area contributed by atoms with Crippen molar-refractivity contribution in [1.82, 2.24) is 10.5 Å². The van der Waals surface area contributed by atoms with Gasteiger partial charge in [0.1, 0.15) is 5.75 Å². The molecular weight excluding hydrogens is 306 g/mol. The molecule has 1 heterocycles. The minimum atomic E-state index is -0.345. The quantitative estimate of drug-likeness (QED) is 0.825. The molecule has 118 valence electrons. The second kappa shape index (κ2) is 8.33. The Morgan fingerprint density at radius 1 is 1.32 bits per heavy atom. The molecule has 0 saturated heterocycles. The summed E-state index contributed by atoms with van der Waals surface area (Å²) in [5.41, 5.74) is 10.1. The van der Waals surface area contributed by atoms with Crippen LogP contribution < -0.4 is 16.0 Å². The highest BCUT2D eigenvalue weighted by Crippen LogP contribution is 2.22. The largest absolute Gasteiger partial charge is 0.439 e. The molecule has 0 spiro atoms. The zero-order chi connectivity index (χ0) is 15.2. The fraction of sp³-hybridized carbons (Fsp3) is 0.200. The van der Waals surface area contributed by atoms with Gasteiger partial charge in [0.2, 0.25) is 5.88 Å². The fourth-order valence-corrected chi connectivity index (χ4v) is 1.85. The van der Waals surface area contributed by atoms with E-state index >= 15 is 0 Å². The van der Waals surface area contributed by atoms with Crippen molar-refractivity contribution in [2.24, 2.45) is 5.73 Å². The highest BCUT2D eigenvalue weighted by Gasteiger charge is 2.07. The number of hydrogen-bond donors (Lipinski definition) is 2. The van der Waals surface area contributed by atoms with Crippen LogP contribution in [0.1, 0.15) is 21.6 Å². The van der Waals surface area contributed by atoms with Crippen LogP contribution in [-0.4, -0.2) is 18.0 Å². The van der Waals surface area contributed by atoms with Crippen molar-refractivity contribution in [2.75, 3.05) is 7.11 Å². The normalized spacial score (nSPS) is 9.77. The number of nitrogens with one attached hydrogen (secondary N) is 1. The number of pyridine rings is 1. The molecule has 2 aromatic rings. The van der Waals surface area contributed by atoms with Gasteiger partial charge in [-0.05, 0) is 36.8 Å². The smallest absolute Gasteiger partial charge is 0.274 e. The first-order chi connectivity index (χ1) is 10.1. The lowest BCUT2D eigenvalue weighted by molar-refractivity contribution is 0.0537. The predicted octanol–water partition coefficient (Wildman–Crippen LogP) is 2.35. The Morgan fingerprint density at radius 3 is 2.77 bits per heavy atom. The number of rotatable bonds is 5. The number of aromatic nitrogens is 1. The third-order valence-electron chi connectivity index (χ3n) is 2.74. The van der Waals surface area contributed by atoms with Crippen LogP contribution in [0.3, 0.4) is 0 Å². The number of carbonyl (C=O) groups excluding carboxylic acids is 1. The first-order valence-electron chi connectivity index (χ1n) is 6.41. The lowest BCUT2D eigenvalue weighted by Crippen LogP contribution is -2.21. The number of amides is 1. The predicted molar refractivity (Wildman–Crippen MR) is 85.1 cm³/mol. The maximum absolute atomic E-state index is 11.7. The van der Waals surface area contributed by atoms with E-state index in [-0.39, 0.29) is 18.3 Å². The average molecular weight is 324 g/mol. The van der Waals surface area contributed by atoms with E-state index in [0.29, 0.717) is 23.7 Å². The summed E-state index contributed by atoms with van der Waals surface area (Å²) in [5.74, 6) is 0.613. The highest BCUT2D eigenvalue weighted by atomic mass is 35.5.